The van der Waals surface area contributed by atoms with Gasteiger partial charge in [0.25, 0.3) is 8.32 Å². The molecule has 0 aliphatic carbocycles. The van der Waals surface area contributed by atoms with E-state index in [1.807, 2.05) is 38.1 Å². The van der Waals surface area contributed by atoms with Gasteiger partial charge in [-0.15, -0.1) is 11.8 Å². The monoisotopic (exact) mass is 1050 g/mol. The molecule has 0 spiro atoms. The van der Waals surface area contributed by atoms with E-state index >= 15 is 0 Å². The molecule has 1 aliphatic rings. The number of methoxy groups -OCH3 is 1. The fourth-order valence-electron chi connectivity index (χ4n) is 8.71. The Bertz CT molecular complexity index is 2250. The number of carbonyl (C=O) groups is 1. The molecule has 8 nitrogen and oxygen atoms in total. The number of thioether (sulfide) groups is 1. The Labute approximate surface area is 434 Å². The summed E-state index contributed by atoms with van der Waals surface area (Å²) in [5, 5.41) is 2.47. The molecular weight excluding hydrogens is 964 g/mol. The molecule has 13 heteroatoms. The van der Waals surface area contributed by atoms with Crippen LogP contribution in [-0.2, 0) is 27.8 Å². The van der Waals surface area contributed by atoms with Gasteiger partial charge in [-0.05, 0) is 109 Å². The van der Waals surface area contributed by atoms with Crippen LogP contribution in [0.5, 0.6) is 5.75 Å². The highest BCUT2D eigenvalue weighted by atomic mass is 35.5. The van der Waals surface area contributed by atoms with Gasteiger partial charge >= 0.3 is 5.97 Å². The normalized spacial score (nSPS) is 18.6. The van der Waals surface area contributed by atoms with Gasteiger partial charge < -0.3 is 32.5 Å². The van der Waals surface area contributed by atoms with Gasteiger partial charge in [0.1, 0.15) is 17.4 Å². The van der Waals surface area contributed by atoms with Crippen molar-refractivity contribution in [2.24, 2.45) is 5.92 Å². The van der Waals surface area contributed by atoms with Gasteiger partial charge in [0.2, 0.25) is 0 Å². The summed E-state index contributed by atoms with van der Waals surface area (Å²) in [5.41, 5.74) is 1.09. The van der Waals surface area contributed by atoms with Crippen molar-refractivity contribution in [2.75, 3.05) is 20.5 Å². The molecule has 1 fully saturated rings. The number of hydrogen-bond donors (Lipinski definition) is 0. The van der Waals surface area contributed by atoms with Gasteiger partial charge in [-0.1, -0.05) is 171 Å². The molecule has 0 radical (unpaired) electrons. The van der Waals surface area contributed by atoms with Crippen LogP contribution in [0.1, 0.15) is 103 Å². The first kappa shape index (κ1) is 57.9. The molecule has 384 valence electrons. The van der Waals surface area contributed by atoms with E-state index in [4.69, 9.17) is 44.1 Å². The lowest BCUT2D eigenvalue weighted by molar-refractivity contribution is -0.152. The van der Waals surface area contributed by atoms with Crippen LogP contribution >= 0.6 is 23.4 Å². The number of halogens is 1. The van der Waals surface area contributed by atoms with E-state index in [1.165, 1.54) is 10.4 Å². The van der Waals surface area contributed by atoms with Gasteiger partial charge in [-0.25, -0.2) is 4.79 Å². The highest BCUT2D eigenvalue weighted by Crippen LogP contribution is 2.47. The minimum atomic E-state index is -2.82. The zero-order valence-corrected chi connectivity index (χ0v) is 49.6. The van der Waals surface area contributed by atoms with Gasteiger partial charge in [-0.2, -0.15) is 0 Å². The molecule has 0 saturated carbocycles. The molecule has 2 unspecified atom stereocenters. The zero-order valence-electron chi connectivity index (χ0n) is 45.0. The smallest absolute Gasteiger partial charge is 0.342 e. The lowest BCUT2D eigenvalue weighted by atomic mass is 9.96. The second kappa shape index (κ2) is 24.3. The van der Waals surface area contributed by atoms with Gasteiger partial charge in [0, 0.05) is 36.5 Å². The quantitative estimate of drug-likeness (QED) is 0.0237. The zero-order chi connectivity index (χ0) is 51.7. The van der Waals surface area contributed by atoms with Crippen LogP contribution < -0.4 is 15.1 Å². The fourth-order valence-corrected chi connectivity index (χ4v) is 16.9. The van der Waals surface area contributed by atoms with Crippen LogP contribution in [0.4, 0.5) is 0 Å². The van der Waals surface area contributed by atoms with Crippen molar-refractivity contribution in [2.45, 2.75) is 171 Å². The number of hydrogen-bond acceptors (Lipinski definition) is 9. The van der Waals surface area contributed by atoms with Crippen LogP contribution in [0, 0.1) is 5.92 Å². The summed E-state index contributed by atoms with van der Waals surface area (Å²) in [6.45, 7) is 33.8. The third-order valence-corrected chi connectivity index (χ3v) is 26.6. The van der Waals surface area contributed by atoms with E-state index in [2.05, 4.69) is 173 Å². The Morgan fingerprint density at radius 2 is 1.37 bits per heavy atom. The highest BCUT2D eigenvalue weighted by molar-refractivity contribution is 7.99. The first-order valence-corrected chi connectivity index (χ1v) is 34.8. The van der Waals surface area contributed by atoms with Crippen LogP contribution in [0.3, 0.4) is 0 Å². The molecule has 5 rings (SSSR count). The van der Waals surface area contributed by atoms with Crippen molar-refractivity contribution in [1.82, 2.24) is 0 Å². The van der Waals surface area contributed by atoms with E-state index in [1.54, 1.807) is 24.9 Å². The van der Waals surface area contributed by atoms with Gasteiger partial charge in [-0.3, -0.25) is 0 Å². The SMILES string of the molecule is COCOc1cc(Cl)cc(C(CC[C@@H]2OC(C)(C)O[C@@H]2C(C=C[C@@H](C)[C@@H](C)O[Si](c2ccccc2)(c2ccccc2)C(C)(C)C)O[Si](C)(C)C(C)(C)C)Sc2ccccc2)c1C(=O)OCC[Si](C)(C)C. The molecule has 0 aromatic heterocycles. The van der Waals surface area contributed by atoms with Crippen LogP contribution in [-0.4, -0.2) is 81.4 Å². The largest absolute Gasteiger partial charge is 0.467 e. The topological polar surface area (TPSA) is 81.7 Å². The van der Waals surface area contributed by atoms with Crippen molar-refractivity contribution in [3.8, 4) is 5.75 Å². The molecule has 1 aliphatic heterocycles. The average Bonchev–Trinajstić information content (AvgIpc) is 3.60. The van der Waals surface area contributed by atoms with Gasteiger partial charge in [0.05, 0.1) is 18.8 Å². The number of ether oxygens (including phenoxy) is 5. The van der Waals surface area contributed by atoms with Crippen molar-refractivity contribution in [3.05, 3.63) is 131 Å². The predicted octanol–water partition coefficient (Wildman–Crippen LogP) is 14.5. The van der Waals surface area contributed by atoms with Crippen LogP contribution in [0.15, 0.2) is 120 Å². The summed E-state index contributed by atoms with van der Waals surface area (Å²) >= 11 is 8.58. The molecule has 70 heavy (non-hydrogen) atoms. The summed E-state index contributed by atoms with van der Waals surface area (Å²) in [6, 6.07) is 36.3. The van der Waals surface area contributed by atoms with Gasteiger partial charge in [0.15, 0.2) is 20.9 Å². The molecule has 0 amide bonds. The van der Waals surface area contributed by atoms with E-state index < -0.39 is 48.7 Å². The van der Waals surface area contributed by atoms with Crippen molar-refractivity contribution < 1.29 is 37.3 Å². The van der Waals surface area contributed by atoms with Crippen LogP contribution in [0.25, 0.3) is 0 Å². The van der Waals surface area contributed by atoms with E-state index in [0.717, 1.165) is 16.5 Å². The van der Waals surface area contributed by atoms with E-state index in [-0.39, 0.29) is 40.2 Å². The van der Waals surface area contributed by atoms with Crippen molar-refractivity contribution >= 4 is 64.4 Å². The lowest BCUT2D eigenvalue weighted by Crippen LogP contribution is -2.67. The Kier molecular flexibility index (Phi) is 20.1. The first-order valence-electron chi connectivity index (χ1n) is 25.0. The predicted molar refractivity (Wildman–Crippen MR) is 299 cm³/mol. The molecule has 4 aromatic carbocycles. The molecule has 4 aromatic rings. The number of esters is 1. The fraction of sp³-hybridized carbons (Fsp3) is 0.526. The van der Waals surface area contributed by atoms with E-state index in [0.29, 0.717) is 35.8 Å². The van der Waals surface area contributed by atoms with Crippen molar-refractivity contribution in [1.29, 1.82) is 0 Å². The summed E-state index contributed by atoms with van der Waals surface area (Å²) in [6.07, 6.45) is 4.35. The summed E-state index contributed by atoms with van der Waals surface area (Å²) in [7, 11) is -5.15. The Morgan fingerprint density at radius 3 is 1.90 bits per heavy atom. The molecule has 6 atom stereocenters. The number of carbonyl (C=O) groups excluding carboxylic acids is 1. The molecule has 0 bridgehead atoms. The second-order valence-corrected chi connectivity index (χ2v) is 39.4. The average molecular weight is 1050 g/mol. The molecule has 1 saturated heterocycles. The first-order chi connectivity index (χ1) is 32.7. The maximum Gasteiger partial charge on any atom is 0.342 e. The Balaban J connectivity index is 1.54. The maximum absolute atomic E-state index is 14.3. The van der Waals surface area contributed by atoms with Crippen LogP contribution in [0.2, 0.25) is 53.9 Å². The molecule has 0 N–H and O–H groups in total. The maximum atomic E-state index is 14.3. The van der Waals surface area contributed by atoms with E-state index in [9.17, 15) is 4.79 Å². The highest BCUT2D eigenvalue weighted by Gasteiger charge is 2.52. The molecular formula is C57H83ClO8SSi3. The minimum absolute atomic E-state index is 0.0221. The Hall–Kier alpha value is -3.02. The third kappa shape index (κ3) is 15.3. The third-order valence-electron chi connectivity index (χ3n) is 13.7. The number of rotatable bonds is 23. The minimum Gasteiger partial charge on any atom is -0.467 e. The Morgan fingerprint density at radius 1 is 0.800 bits per heavy atom. The number of benzene rings is 4. The molecule has 1 heterocycles. The second-order valence-electron chi connectivity index (χ2n) is 23.1. The standard InChI is InChI=1S/C57H83ClO8SSi3/c1-41(42(2)65-70(56(6,7)8,45-28-22-18-23-29-45)46-30-24-19-25-31-46)32-33-49(66-69(15,16)55(3,4)5)53-48(63-57(9,10)64-53)34-35-51(67-44-26-20-17-21-27-44)47-38-43(58)39-50(62-40-60-11)52(47)54(59)61-36-37-68(12,13)14/h17-33,38-39,41-42,48-49,51,53H,34-37,40H2,1-16H3/t41-,42-,48+,49?,51?,53+/m1/s1. The lowest BCUT2D eigenvalue weighted by Gasteiger charge is -2.45. The summed E-state index contributed by atoms with van der Waals surface area (Å²) < 4.78 is 46.3. The summed E-state index contributed by atoms with van der Waals surface area (Å²) in [4.78, 5) is 15.3. The summed E-state index contributed by atoms with van der Waals surface area (Å²) in [5.74, 6) is -0.970. The van der Waals surface area contributed by atoms with Crippen molar-refractivity contribution in [3.63, 3.8) is 0 Å².